The molecule has 0 aliphatic heterocycles. The number of hydrogen-bond acceptors (Lipinski definition) is 4. The molecule has 4 nitrogen and oxygen atoms in total. The fourth-order valence-corrected chi connectivity index (χ4v) is 1.40. The average molecular weight is 284 g/mol. The van der Waals surface area contributed by atoms with E-state index in [1.165, 1.54) is 0 Å². The zero-order chi connectivity index (χ0) is 14.8. The molecule has 1 heterocycles. The Hall–Kier alpha value is -1.77. The topological polar surface area (TPSA) is 65.2 Å². The van der Waals surface area contributed by atoms with E-state index in [2.05, 4.69) is 9.72 Å². The molecule has 0 amide bonds. The summed E-state index contributed by atoms with van der Waals surface area (Å²) in [5.74, 6) is -1.08. The van der Waals surface area contributed by atoms with Crippen LogP contribution >= 0.6 is 0 Å². The smallest absolute Gasteiger partial charge is 0.433 e. The van der Waals surface area contributed by atoms with Crippen LogP contribution in [0.5, 0.6) is 0 Å². The molecule has 1 aromatic rings. The Balaban J connectivity index is 3.56. The molecule has 1 rings (SSSR count). The first-order valence-electron chi connectivity index (χ1n) is 4.89. The molecule has 0 spiro atoms. The van der Waals surface area contributed by atoms with Gasteiger partial charge >= 0.3 is 12.1 Å². The maximum atomic E-state index is 12.6. The van der Waals surface area contributed by atoms with Gasteiger partial charge in [0.25, 0.3) is 6.43 Å². The summed E-state index contributed by atoms with van der Waals surface area (Å²) in [5.41, 5.74) is 1.06. The van der Waals surface area contributed by atoms with Crippen LogP contribution in [0.1, 0.15) is 33.7 Å². The Morgan fingerprint density at radius 1 is 1.47 bits per heavy atom. The van der Waals surface area contributed by atoms with Crippen molar-refractivity contribution in [1.29, 1.82) is 0 Å². The normalized spacial score (nSPS) is 11.8. The van der Waals surface area contributed by atoms with E-state index in [9.17, 15) is 26.7 Å². The van der Waals surface area contributed by atoms with Crippen LogP contribution in [0.25, 0.3) is 0 Å². The molecule has 0 atom stereocenters. The summed E-state index contributed by atoms with van der Waals surface area (Å²) in [7, 11) is 0.961. The summed E-state index contributed by atoms with van der Waals surface area (Å²) in [5, 5.41) is 0. The Morgan fingerprint density at radius 3 is 2.42 bits per heavy atom. The second kappa shape index (κ2) is 5.47. The van der Waals surface area contributed by atoms with Gasteiger partial charge in [-0.25, -0.2) is 18.6 Å². The zero-order valence-electron chi connectivity index (χ0n) is 9.59. The maximum absolute atomic E-state index is 12.6. The van der Waals surface area contributed by atoms with Gasteiger partial charge in [-0.2, -0.15) is 13.2 Å². The van der Waals surface area contributed by atoms with Crippen molar-refractivity contribution in [3.8, 4) is 0 Å². The number of pyridine rings is 1. The highest BCUT2D eigenvalue weighted by molar-refractivity contribution is 5.90. The van der Waals surface area contributed by atoms with Crippen LogP contribution in [-0.2, 0) is 17.5 Å². The Labute approximate surface area is 104 Å². The number of rotatable bonds is 3. The molecular formula is C10H9F5N2O2. The van der Waals surface area contributed by atoms with Crippen LogP contribution in [-0.4, -0.2) is 18.1 Å². The van der Waals surface area contributed by atoms with E-state index >= 15 is 0 Å². The number of halogens is 5. The van der Waals surface area contributed by atoms with E-state index in [0.717, 1.165) is 7.11 Å². The second-order valence-electron chi connectivity index (χ2n) is 3.41. The molecule has 0 aliphatic rings. The number of nitrogens with two attached hydrogens (primary N) is 1. The number of carbonyl (C=O) groups excluding carboxylic acids is 1. The van der Waals surface area contributed by atoms with Crippen LogP contribution in [0.15, 0.2) is 6.07 Å². The molecule has 19 heavy (non-hydrogen) atoms. The lowest BCUT2D eigenvalue weighted by molar-refractivity contribution is -0.143. The molecule has 1 aromatic heterocycles. The van der Waals surface area contributed by atoms with Crippen LogP contribution < -0.4 is 5.73 Å². The second-order valence-corrected chi connectivity index (χ2v) is 3.41. The summed E-state index contributed by atoms with van der Waals surface area (Å²) < 4.78 is 67.3. The molecule has 0 fully saturated rings. The Kier molecular flexibility index (Phi) is 4.40. The molecule has 0 saturated carbocycles. The van der Waals surface area contributed by atoms with Crippen molar-refractivity contribution in [2.45, 2.75) is 19.1 Å². The van der Waals surface area contributed by atoms with Crippen molar-refractivity contribution >= 4 is 5.97 Å². The summed E-state index contributed by atoms with van der Waals surface area (Å²) in [6.45, 7) is -0.517. The van der Waals surface area contributed by atoms with E-state index in [4.69, 9.17) is 5.73 Å². The van der Waals surface area contributed by atoms with Crippen molar-refractivity contribution < 1.29 is 31.5 Å². The number of ether oxygens (including phenoxy) is 1. The number of nitrogens with zero attached hydrogens (tertiary/aromatic N) is 1. The first kappa shape index (κ1) is 15.3. The monoisotopic (exact) mass is 284 g/mol. The van der Waals surface area contributed by atoms with Gasteiger partial charge in [0.1, 0.15) is 0 Å². The summed E-state index contributed by atoms with van der Waals surface area (Å²) in [4.78, 5) is 14.3. The van der Waals surface area contributed by atoms with Gasteiger partial charge in [-0.1, -0.05) is 0 Å². The van der Waals surface area contributed by atoms with Gasteiger partial charge in [-0.15, -0.1) is 0 Å². The van der Waals surface area contributed by atoms with Crippen molar-refractivity contribution in [3.63, 3.8) is 0 Å². The molecule has 0 unspecified atom stereocenters. The number of alkyl halides is 5. The molecule has 0 bridgehead atoms. The minimum absolute atomic E-state index is 0.411. The van der Waals surface area contributed by atoms with Crippen LogP contribution in [0.4, 0.5) is 22.0 Å². The highest BCUT2D eigenvalue weighted by Crippen LogP contribution is 2.36. The third-order valence-electron chi connectivity index (χ3n) is 2.23. The summed E-state index contributed by atoms with van der Waals surface area (Å²) >= 11 is 0. The summed E-state index contributed by atoms with van der Waals surface area (Å²) in [6, 6.07) is 0.411. The van der Waals surface area contributed by atoms with E-state index in [0.29, 0.717) is 6.07 Å². The molecule has 9 heteroatoms. The largest absolute Gasteiger partial charge is 0.465 e. The number of esters is 1. The first-order chi connectivity index (χ1) is 8.72. The van der Waals surface area contributed by atoms with E-state index < -0.39 is 47.6 Å². The minimum atomic E-state index is -5.07. The van der Waals surface area contributed by atoms with Crippen molar-refractivity contribution in [2.24, 2.45) is 5.73 Å². The lowest BCUT2D eigenvalue weighted by Gasteiger charge is -2.15. The number of aromatic nitrogens is 1. The standard InChI is InChI=1S/C10H9F5N2O2/c1-19-9(18)4-2-5(8(11)12)7(10(13,14)15)17-6(4)3-16/h2,8H,3,16H2,1H3. The number of hydrogen-bond donors (Lipinski definition) is 1. The number of methoxy groups -OCH3 is 1. The maximum Gasteiger partial charge on any atom is 0.433 e. The average Bonchev–Trinajstić information content (AvgIpc) is 2.34. The molecule has 0 aliphatic carbocycles. The third-order valence-corrected chi connectivity index (χ3v) is 2.23. The van der Waals surface area contributed by atoms with Gasteiger partial charge < -0.3 is 10.5 Å². The SMILES string of the molecule is COC(=O)c1cc(C(F)F)c(C(F)(F)F)nc1CN. The van der Waals surface area contributed by atoms with Crippen LogP contribution in [0.3, 0.4) is 0 Å². The van der Waals surface area contributed by atoms with Crippen molar-refractivity contribution in [3.05, 3.63) is 28.6 Å². The molecule has 106 valence electrons. The van der Waals surface area contributed by atoms with E-state index in [1.54, 1.807) is 0 Å². The first-order valence-corrected chi connectivity index (χ1v) is 4.89. The minimum Gasteiger partial charge on any atom is -0.465 e. The molecule has 0 aromatic carbocycles. The highest BCUT2D eigenvalue weighted by atomic mass is 19.4. The fourth-order valence-electron chi connectivity index (χ4n) is 1.40. The quantitative estimate of drug-likeness (QED) is 0.683. The molecule has 0 saturated heterocycles. The van der Waals surface area contributed by atoms with Gasteiger partial charge in [0.05, 0.1) is 18.4 Å². The van der Waals surface area contributed by atoms with Crippen LogP contribution in [0, 0.1) is 0 Å². The van der Waals surface area contributed by atoms with Gasteiger partial charge in [0.15, 0.2) is 5.69 Å². The van der Waals surface area contributed by atoms with Gasteiger partial charge in [0.2, 0.25) is 0 Å². The van der Waals surface area contributed by atoms with Gasteiger partial charge in [0, 0.05) is 12.1 Å². The summed E-state index contributed by atoms with van der Waals surface area (Å²) in [6.07, 6.45) is -8.50. The lowest BCUT2D eigenvalue weighted by Crippen LogP contribution is -2.19. The van der Waals surface area contributed by atoms with E-state index in [-0.39, 0.29) is 0 Å². The Bertz CT molecular complexity index is 488. The van der Waals surface area contributed by atoms with Crippen molar-refractivity contribution in [2.75, 3.05) is 7.11 Å². The fraction of sp³-hybridized carbons (Fsp3) is 0.400. The van der Waals surface area contributed by atoms with Crippen molar-refractivity contribution in [1.82, 2.24) is 4.98 Å². The third kappa shape index (κ3) is 3.16. The predicted molar refractivity (Wildman–Crippen MR) is 53.4 cm³/mol. The predicted octanol–water partition coefficient (Wildman–Crippen LogP) is 2.28. The lowest BCUT2D eigenvalue weighted by atomic mass is 10.1. The van der Waals surface area contributed by atoms with Crippen LogP contribution in [0.2, 0.25) is 0 Å². The molecular weight excluding hydrogens is 275 g/mol. The molecule has 2 N–H and O–H groups in total. The molecule has 0 radical (unpaired) electrons. The Morgan fingerprint density at radius 2 is 2.05 bits per heavy atom. The van der Waals surface area contributed by atoms with Gasteiger partial charge in [-0.3, -0.25) is 0 Å². The zero-order valence-corrected chi connectivity index (χ0v) is 9.59. The van der Waals surface area contributed by atoms with E-state index in [1.807, 2.05) is 0 Å². The van der Waals surface area contributed by atoms with Gasteiger partial charge in [-0.05, 0) is 6.07 Å². The number of carbonyl (C=O) groups is 1. The highest BCUT2D eigenvalue weighted by Gasteiger charge is 2.39.